The van der Waals surface area contributed by atoms with E-state index in [0.717, 1.165) is 31.9 Å². The number of hydrogen-bond acceptors (Lipinski definition) is 3. The van der Waals surface area contributed by atoms with E-state index in [4.69, 9.17) is 10.9 Å². The fourth-order valence-electron chi connectivity index (χ4n) is 3.46. The van der Waals surface area contributed by atoms with Crippen molar-refractivity contribution in [3.8, 4) is 0 Å². The van der Waals surface area contributed by atoms with Crippen molar-refractivity contribution in [1.82, 2.24) is 0 Å². The van der Waals surface area contributed by atoms with E-state index in [1.165, 1.54) is 6.07 Å². The van der Waals surface area contributed by atoms with Gasteiger partial charge in [0.15, 0.2) is 5.84 Å². The molecule has 2 unspecified atom stereocenters. The summed E-state index contributed by atoms with van der Waals surface area (Å²) in [5.74, 6) is 0.0601. The number of nitrogens with two attached hydrogens (primary N) is 1. The first-order valence-electron chi connectivity index (χ1n) is 6.86. The zero-order valence-corrected chi connectivity index (χ0v) is 11.3. The van der Waals surface area contributed by atoms with E-state index in [2.05, 4.69) is 5.16 Å². The first-order chi connectivity index (χ1) is 9.90. The number of amidine groups is 1. The Labute approximate surface area is 120 Å². The minimum absolute atomic E-state index is 0.293. The molecule has 1 aromatic rings. The Bertz CT molecular complexity index is 585. The van der Waals surface area contributed by atoms with Crippen molar-refractivity contribution in [2.45, 2.75) is 31.5 Å². The number of halogens is 3. The van der Waals surface area contributed by atoms with Gasteiger partial charge in [0.2, 0.25) is 0 Å². The predicted molar refractivity (Wildman–Crippen MR) is 72.4 cm³/mol. The Balaban J connectivity index is 2.01. The van der Waals surface area contributed by atoms with Gasteiger partial charge in [-0.15, -0.1) is 0 Å². The lowest BCUT2D eigenvalue weighted by Gasteiger charge is -2.30. The van der Waals surface area contributed by atoms with Gasteiger partial charge in [-0.05, 0) is 43.4 Å². The van der Waals surface area contributed by atoms with Crippen LogP contribution in [0, 0.1) is 5.92 Å². The maximum absolute atomic E-state index is 13.2. The lowest BCUT2D eigenvalue weighted by Crippen LogP contribution is -2.32. The molecule has 0 spiro atoms. The number of fused-ring (bicyclic) bond motifs is 2. The van der Waals surface area contributed by atoms with Gasteiger partial charge >= 0.3 is 6.18 Å². The van der Waals surface area contributed by atoms with Crippen LogP contribution in [0.5, 0.6) is 0 Å². The van der Waals surface area contributed by atoms with Crippen molar-refractivity contribution in [2.75, 3.05) is 11.4 Å². The van der Waals surface area contributed by atoms with E-state index >= 15 is 0 Å². The fourth-order valence-corrected chi connectivity index (χ4v) is 3.46. The normalized spacial score (nSPS) is 25.7. The smallest absolute Gasteiger partial charge is 0.409 e. The zero-order valence-electron chi connectivity index (χ0n) is 11.3. The highest BCUT2D eigenvalue weighted by Crippen LogP contribution is 2.42. The van der Waals surface area contributed by atoms with Crippen LogP contribution in [0.25, 0.3) is 0 Å². The van der Waals surface area contributed by atoms with E-state index in [1.54, 1.807) is 6.07 Å². The molecule has 1 saturated carbocycles. The fraction of sp³-hybridized carbons (Fsp3) is 0.500. The van der Waals surface area contributed by atoms with Crippen LogP contribution in [0.1, 0.15) is 30.4 Å². The van der Waals surface area contributed by atoms with Crippen molar-refractivity contribution < 1.29 is 18.4 Å². The predicted octanol–water partition coefficient (Wildman–Crippen LogP) is 2.79. The van der Waals surface area contributed by atoms with Crippen LogP contribution >= 0.6 is 0 Å². The number of nitrogens with zero attached hydrogens (tertiary/aromatic N) is 2. The first kappa shape index (κ1) is 14.0. The molecule has 0 aromatic heterocycles. The molecule has 1 aliphatic heterocycles. The van der Waals surface area contributed by atoms with Gasteiger partial charge in [0, 0.05) is 23.8 Å². The number of hydrogen-bond donors (Lipinski definition) is 2. The minimum atomic E-state index is -4.54. The van der Waals surface area contributed by atoms with E-state index in [9.17, 15) is 13.2 Å². The van der Waals surface area contributed by atoms with Crippen LogP contribution in [0.15, 0.2) is 23.4 Å². The number of oxime groups is 1. The maximum atomic E-state index is 13.2. The van der Waals surface area contributed by atoms with Crippen molar-refractivity contribution in [3.05, 3.63) is 29.3 Å². The summed E-state index contributed by atoms with van der Waals surface area (Å²) < 4.78 is 39.6. The summed E-state index contributed by atoms with van der Waals surface area (Å²) in [6, 6.07) is 4.34. The maximum Gasteiger partial charge on any atom is 0.417 e. The SMILES string of the molecule is NC(=NO)c1ccc(N2CC3CCC2C3)cc1C(F)(F)F. The third-order valence-corrected chi connectivity index (χ3v) is 4.43. The third-order valence-electron chi connectivity index (χ3n) is 4.43. The summed E-state index contributed by atoms with van der Waals surface area (Å²) >= 11 is 0. The lowest BCUT2D eigenvalue weighted by atomic mass is 10.0. The molecule has 2 bridgehead atoms. The van der Waals surface area contributed by atoms with E-state index in [0.29, 0.717) is 17.6 Å². The van der Waals surface area contributed by atoms with Gasteiger partial charge in [0.1, 0.15) is 0 Å². The Morgan fingerprint density at radius 3 is 2.62 bits per heavy atom. The van der Waals surface area contributed by atoms with Crippen LogP contribution in [0.3, 0.4) is 0 Å². The Morgan fingerprint density at radius 1 is 1.33 bits per heavy atom. The van der Waals surface area contributed by atoms with Crippen molar-refractivity contribution in [2.24, 2.45) is 16.8 Å². The standard InChI is InChI=1S/C14H16F3N3O/c15-14(16,17)12-6-10(3-4-11(12)13(18)19-21)20-7-8-1-2-9(20)5-8/h3-4,6,8-9,21H,1-2,5,7H2,(H2,18,19). The van der Waals surface area contributed by atoms with E-state index in [1.807, 2.05) is 4.90 Å². The molecule has 7 heteroatoms. The average molecular weight is 299 g/mol. The molecule has 2 aliphatic rings. The third kappa shape index (κ3) is 2.41. The number of piperidine rings is 1. The van der Waals surface area contributed by atoms with Gasteiger partial charge < -0.3 is 15.8 Å². The largest absolute Gasteiger partial charge is 0.417 e. The molecule has 1 aromatic carbocycles. The molecule has 2 atom stereocenters. The minimum Gasteiger partial charge on any atom is -0.409 e. The monoisotopic (exact) mass is 299 g/mol. The van der Waals surface area contributed by atoms with E-state index < -0.39 is 17.6 Å². The van der Waals surface area contributed by atoms with Gasteiger partial charge in [-0.3, -0.25) is 0 Å². The van der Waals surface area contributed by atoms with E-state index in [-0.39, 0.29) is 5.56 Å². The summed E-state index contributed by atoms with van der Waals surface area (Å²) in [6.07, 6.45) is -1.29. The number of alkyl halides is 3. The number of rotatable bonds is 2. The molecular weight excluding hydrogens is 283 g/mol. The molecule has 1 aliphatic carbocycles. The van der Waals surface area contributed by atoms with Gasteiger partial charge in [-0.2, -0.15) is 13.2 Å². The van der Waals surface area contributed by atoms with Crippen molar-refractivity contribution in [3.63, 3.8) is 0 Å². The van der Waals surface area contributed by atoms with Crippen molar-refractivity contribution >= 4 is 11.5 Å². The van der Waals surface area contributed by atoms with Crippen LogP contribution in [0.2, 0.25) is 0 Å². The van der Waals surface area contributed by atoms with Crippen LogP contribution in [-0.4, -0.2) is 23.6 Å². The Hall–Kier alpha value is -1.92. The molecule has 4 nitrogen and oxygen atoms in total. The number of anilines is 1. The highest BCUT2D eigenvalue weighted by atomic mass is 19.4. The molecule has 3 rings (SSSR count). The summed E-state index contributed by atoms with van der Waals surface area (Å²) in [4.78, 5) is 2.04. The van der Waals surface area contributed by atoms with Gasteiger partial charge in [-0.1, -0.05) is 5.16 Å². The molecule has 3 N–H and O–H groups in total. The molecular formula is C14H16F3N3O. The molecule has 21 heavy (non-hydrogen) atoms. The molecule has 1 saturated heterocycles. The van der Waals surface area contributed by atoms with Gasteiger partial charge in [-0.25, -0.2) is 0 Å². The summed E-state index contributed by atoms with van der Waals surface area (Å²) in [5.41, 5.74) is 4.75. The zero-order chi connectivity index (χ0) is 15.2. The van der Waals surface area contributed by atoms with Crippen LogP contribution in [-0.2, 0) is 6.18 Å². The average Bonchev–Trinajstić information content (AvgIpc) is 3.07. The Morgan fingerprint density at radius 2 is 2.10 bits per heavy atom. The summed E-state index contributed by atoms with van der Waals surface area (Å²) in [5, 5.41) is 11.3. The highest BCUT2D eigenvalue weighted by Gasteiger charge is 2.40. The second-order valence-electron chi connectivity index (χ2n) is 5.70. The molecule has 1 heterocycles. The Kier molecular flexibility index (Phi) is 3.22. The lowest BCUT2D eigenvalue weighted by molar-refractivity contribution is -0.137. The molecule has 114 valence electrons. The topological polar surface area (TPSA) is 61.9 Å². The van der Waals surface area contributed by atoms with Gasteiger partial charge in [0.05, 0.1) is 5.56 Å². The molecule has 2 fully saturated rings. The second-order valence-corrected chi connectivity index (χ2v) is 5.70. The second kappa shape index (κ2) is 4.82. The first-order valence-corrected chi connectivity index (χ1v) is 6.86. The van der Waals surface area contributed by atoms with Crippen LogP contribution in [0.4, 0.5) is 18.9 Å². The van der Waals surface area contributed by atoms with Crippen molar-refractivity contribution in [1.29, 1.82) is 0 Å². The summed E-state index contributed by atoms with van der Waals surface area (Å²) in [6.45, 7) is 0.810. The highest BCUT2D eigenvalue weighted by molar-refractivity contribution is 5.99. The van der Waals surface area contributed by atoms with Crippen LogP contribution < -0.4 is 10.6 Å². The molecule has 0 radical (unpaired) electrons. The summed E-state index contributed by atoms with van der Waals surface area (Å²) in [7, 11) is 0. The molecule has 0 amide bonds. The van der Waals surface area contributed by atoms with Gasteiger partial charge in [0.25, 0.3) is 0 Å². The quantitative estimate of drug-likeness (QED) is 0.382. The number of benzene rings is 1.